The van der Waals surface area contributed by atoms with Gasteiger partial charge in [0, 0.05) is 12.5 Å². The van der Waals surface area contributed by atoms with Gasteiger partial charge >= 0.3 is 0 Å². The lowest BCUT2D eigenvalue weighted by Crippen LogP contribution is -2.33. The Morgan fingerprint density at radius 3 is 2.61 bits per heavy atom. The summed E-state index contributed by atoms with van der Waals surface area (Å²) in [6.45, 7) is 2.94. The molecular weight excluding hydrogens is 229 g/mol. The Kier molecular flexibility index (Phi) is 4.34. The highest BCUT2D eigenvalue weighted by molar-refractivity contribution is 5.85. The number of carbonyl (C=O) groups is 1. The van der Waals surface area contributed by atoms with E-state index in [1.54, 1.807) is 18.2 Å². The van der Waals surface area contributed by atoms with E-state index in [2.05, 4.69) is 0 Å². The summed E-state index contributed by atoms with van der Waals surface area (Å²) in [6, 6.07) is 6.66. The smallest absolute Gasteiger partial charge is 0.155 e. The molecule has 1 aliphatic rings. The SMILES string of the molecule is CCN(CC(=O)C1CCCC1)c1ccccc1F. The van der Waals surface area contributed by atoms with Gasteiger partial charge in [-0.3, -0.25) is 4.79 Å². The van der Waals surface area contributed by atoms with E-state index in [0.29, 0.717) is 18.8 Å². The molecule has 3 heteroatoms. The molecule has 0 atom stereocenters. The molecular formula is C15H20FNO. The minimum atomic E-state index is -0.251. The Bertz CT molecular complexity index is 413. The fourth-order valence-corrected chi connectivity index (χ4v) is 2.64. The zero-order chi connectivity index (χ0) is 13.0. The molecule has 1 fully saturated rings. The summed E-state index contributed by atoms with van der Waals surface area (Å²) in [4.78, 5) is 14.0. The molecule has 2 nitrogen and oxygen atoms in total. The zero-order valence-electron chi connectivity index (χ0n) is 10.9. The highest BCUT2D eigenvalue weighted by atomic mass is 19.1. The number of benzene rings is 1. The molecule has 98 valence electrons. The predicted octanol–water partition coefficient (Wildman–Crippen LogP) is 3.41. The predicted molar refractivity (Wildman–Crippen MR) is 71.3 cm³/mol. The number of ketones is 1. The summed E-state index contributed by atoms with van der Waals surface area (Å²) in [6.07, 6.45) is 4.33. The first-order chi connectivity index (χ1) is 8.72. The number of halogens is 1. The van der Waals surface area contributed by atoms with Crippen molar-refractivity contribution < 1.29 is 9.18 Å². The monoisotopic (exact) mass is 249 g/mol. The van der Waals surface area contributed by atoms with E-state index in [1.165, 1.54) is 6.07 Å². The topological polar surface area (TPSA) is 20.3 Å². The van der Waals surface area contributed by atoms with Crippen molar-refractivity contribution in [1.29, 1.82) is 0 Å². The van der Waals surface area contributed by atoms with Crippen molar-refractivity contribution >= 4 is 11.5 Å². The number of para-hydroxylation sites is 1. The number of rotatable bonds is 5. The Morgan fingerprint density at radius 2 is 2.00 bits per heavy atom. The number of nitrogens with zero attached hydrogens (tertiary/aromatic N) is 1. The first kappa shape index (κ1) is 13.1. The molecule has 0 aromatic heterocycles. The lowest BCUT2D eigenvalue weighted by atomic mass is 10.0. The van der Waals surface area contributed by atoms with E-state index in [-0.39, 0.29) is 17.5 Å². The van der Waals surface area contributed by atoms with Gasteiger partial charge in [-0.25, -0.2) is 4.39 Å². The van der Waals surface area contributed by atoms with E-state index in [1.807, 2.05) is 11.8 Å². The maximum atomic E-state index is 13.7. The fourth-order valence-electron chi connectivity index (χ4n) is 2.64. The highest BCUT2D eigenvalue weighted by Crippen LogP contribution is 2.26. The largest absolute Gasteiger partial charge is 0.362 e. The standard InChI is InChI=1S/C15H20FNO/c1-2-17(14-10-6-5-9-13(14)16)11-15(18)12-7-3-4-8-12/h5-6,9-10,12H,2-4,7-8,11H2,1H3. The van der Waals surface area contributed by atoms with Gasteiger partial charge in [0.25, 0.3) is 0 Å². The van der Waals surface area contributed by atoms with E-state index >= 15 is 0 Å². The summed E-state index contributed by atoms with van der Waals surface area (Å²) in [5.74, 6) is 0.210. The van der Waals surface area contributed by atoms with E-state index in [9.17, 15) is 9.18 Å². The first-order valence-corrected chi connectivity index (χ1v) is 6.74. The van der Waals surface area contributed by atoms with Crippen LogP contribution >= 0.6 is 0 Å². The average molecular weight is 249 g/mol. The molecule has 1 saturated carbocycles. The molecule has 1 aromatic rings. The maximum Gasteiger partial charge on any atom is 0.155 e. The molecule has 1 aliphatic carbocycles. The number of anilines is 1. The summed E-state index contributed by atoms with van der Waals surface area (Å²) in [7, 11) is 0. The third-order valence-corrected chi connectivity index (χ3v) is 3.73. The summed E-state index contributed by atoms with van der Waals surface area (Å²) < 4.78 is 13.7. The second-order valence-electron chi connectivity index (χ2n) is 4.91. The third kappa shape index (κ3) is 2.89. The van der Waals surface area contributed by atoms with Crippen LogP contribution in [0.3, 0.4) is 0 Å². The summed E-state index contributed by atoms with van der Waals surface area (Å²) >= 11 is 0. The lowest BCUT2D eigenvalue weighted by Gasteiger charge is -2.24. The molecule has 1 aromatic carbocycles. The Hall–Kier alpha value is -1.38. The van der Waals surface area contributed by atoms with Crippen molar-refractivity contribution in [2.45, 2.75) is 32.6 Å². The van der Waals surface area contributed by atoms with Crippen LogP contribution in [0.5, 0.6) is 0 Å². The van der Waals surface area contributed by atoms with Gasteiger partial charge in [-0.2, -0.15) is 0 Å². The molecule has 18 heavy (non-hydrogen) atoms. The quantitative estimate of drug-likeness (QED) is 0.797. The van der Waals surface area contributed by atoms with Crippen LogP contribution in [-0.2, 0) is 4.79 Å². The second kappa shape index (κ2) is 5.98. The minimum absolute atomic E-state index is 0.200. The van der Waals surface area contributed by atoms with Crippen molar-refractivity contribution in [2.75, 3.05) is 18.0 Å². The van der Waals surface area contributed by atoms with Gasteiger partial charge in [0.1, 0.15) is 5.82 Å². The molecule has 0 saturated heterocycles. The van der Waals surface area contributed by atoms with E-state index in [0.717, 1.165) is 25.7 Å². The third-order valence-electron chi connectivity index (χ3n) is 3.73. The fraction of sp³-hybridized carbons (Fsp3) is 0.533. The Labute approximate surface area is 108 Å². The van der Waals surface area contributed by atoms with Crippen molar-refractivity contribution in [3.63, 3.8) is 0 Å². The molecule has 0 amide bonds. The Morgan fingerprint density at radius 1 is 1.33 bits per heavy atom. The normalized spacial score (nSPS) is 15.9. The molecule has 0 aliphatic heterocycles. The van der Waals surface area contributed by atoms with Gasteiger partial charge < -0.3 is 4.90 Å². The van der Waals surface area contributed by atoms with Crippen LogP contribution < -0.4 is 4.90 Å². The van der Waals surface area contributed by atoms with Gasteiger partial charge in [-0.15, -0.1) is 0 Å². The number of hydrogen-bond acceptors (Lipinski definition) is 2. The molecule has 0 radical (unpaired) electrons. The molecule has 2 rings (SSSR count). The van der Waals surface area contributed by atoms with Crippen LogP contribution in [0, 0.1) is 11.7 Å². The molecule has 0 bridgehead atoms. The van der Waals surface area contributed by atoms with Gasteiger partial charge in [0.05, 0.1) is 12.2 Å². The van der Waals surface area contributed by atoms with Crippen LogP contribution in [0.4, 0.5) is 10.1 Å². The van der Waals surface area contributed by atoms with E-state index in [4.69, 9.17) is 0 Å². The van der Waals surface area contributed by atoms with Gasteiger partial charge in [-0.05, 0) is 31.9 Å². The minimum Gasteiger partial charge on any atom is -0.362 e. The number of carbonyl (C=O) groups excluding carboxylic acids is 1. The number of Topliss-reactive ketones (excluding diaryl/α,β-unsaturated/α-hetero) is 1. The summed E-state index contributed by atoms with van der Waals surface area (Å²) in [5.41, 5.74) is 0.534. The molecule has 0 unspecified atom stereocenters. The molecule has 0 N–H and O–H groups in total. The van der Waals surface area contributed by atoms with Gasteiger partial charge in [0.2, 0.25) is 0 Å². The van der Waals surface area contributed by atoms with Gasteiger partial charge in [0.15, 0.2) is 5.78 Å². The molecule has 0 heterocycles. The van der Waals surface area contributed by atoms with Crippen molar-refractivity contribution in [2.24, 2.45) is 5.92 Å². The number of likely N-dealkylation sites (N-methyl/N-ethyl adjacent to an activating group) is 1. The van der Waals surface area contributed by atoms with Crippen LogP contribution in [0.1, 0.15) is 32.6 Å². The van der Waals surface area contributed by atoms with Gasteiger partial charge in [-0.1, -0.05) is 25.0 Å². The average Bonchev–Trinajstić information content (AvgIpc) is 2.90. The van der Waals surface area contributed by atoms with Crippen LogP contribution in [-0.4, -0.2) is 18.9 Å². The highest BCUT2D eigenvalue weighted by Gasteiger charge is 2.24. The summed E-state index contributed by atoms with van der Waals surface area (Å²) in [5, 5.41) is 0. The zero-order valence-corrected chi connectivity index (χ0v) is 10.9. The second-order valence-corrected chi connectivity index (χ2v) is 4.91. The Balaban J connectivity index is 2.05. The van der Waals surface area contributed by atoms with Crippen molar-refractivity contribution in [3.8, 4) is 0 Å². The van der Waals surface area contributed by atoms with Crippen LogP contribution in [0.2, 0.25) is 0 Å². The van der Waals surface area contributed by atoms with Crippen molar-refractivity contribution in [1.82, 2.24) is 0 Å². The number of hydrogen-bond donors (Lipinski definition) is 0. The first-order valence-electron chi connectivity index (χ1n) is 6.74. The van der Waals surface area contributed by atoms with Crippen molar-refractivity contribution in [3.05, 3.63) is 30.1 Å². The maximum absolute atomic E-state index is 13.7. The van der Waals surface area contributed by atoms with E-state index < -0.39 is 0 Å². The van der Waals surface area contributed by atoms with Crippen LogP contribution in [0.25, 0.3) is 0 Å². The van der Waals surface area contributed by atoms with Crippen LogP contribution in [0.15, 0.2) is 24.3 Å². The lowest BCUT2D eigenvalue weighted by molar-refractivity contribution is -0.121. The molecule has 0 spiro atoms.